The summed E-state index contributed by atoms with van der Waals surface area (Å²) in [4.78, 5) is 23.5. The normalized spacial score (nSPS) is 13.8. The monoisotopic (exact) mass is 246 g/mol. The topological polar surface area (TPSA) is 43.4 Å². The Morgan fingerprint density at radius 1 is 1.22 bits per heavy atom. The lowest BCUT2D eigenvalue weighted by molar-refractivity contribution is -0.141. The maximum Gasteiger partial charge on any atom is 0.313 e. The summed E-state index contributed by atoms with van der Waals surface area (Å²) in [7, 11) is 0. The molecule has 1 aromatic carbocycles. The molecule has 0 unspecified atom stereocenters. The zero-order valence-corrected chi connectivity index (χ0v) is 10.7. The van der Waals surface area contributed by atoms with Crippen molar-refractivity contribution in [2.24, 2.45) is 0 Å². The maximum atomic E-state index is 12.1. The van der Waals surface area contributed by atoms with Gasteiger partial charge in [-0.05, 0) is 43.7 Å². The number of benzene rings is 1. The van der Waals surface area contributed by atoms with Gasteiger partial charge < -0.3 is 4.74 Å². The van der Waals surface area contributed by atoms with Gasteiger partial charge in [-0.3, -0.25) is 9.59 Å². The van der Waals surface area contributed by atoms with Crippen LogP contribution in [0.4, 0.5) is 0 Å². The summed E-state index contributed by atoms with van der Waals surface area (Å²) in [6.45, 7) is 2.06. The van der Waals surface area contributed by atoms with Crippen LogP contribution in [0, 0.1) is 0 Å². The number of hydrogen-bond acceptors (Lipinski definition) is 3. The molecule has 1 aliphatic rings. The highest BCUT2D eigenvalue weighted by Gasteiger charge is 2.19. The fourth-order valence-corrected chi connectivity index (χ4v) is 2.48. The van der Waals surface area contributed by atoms with Gasteiger partial charge in [-0.2, -0.15) is 0 Å². The van der Waals surface area contributed by atoms with Gasteiger partial charge in [0.15, 0.2) is 5.78 Å². The van der Waals surface area contributed by atoms with Crippen LogP contribution >= 0.6 is 0 Å². The van der Waals surface area contributed by atoms with Gasteiger partial charge in [-0.1, -0.05) is 18.2 Å². The quantitative estimate of drug-likeness (QED) is 0.466. The Morgan fingerprint density at radius 3 is 2.78 bits per heavy atom. The molecule has 1 aromatic rings. The first-order valence-corrected chi connectivity index (χ1v) is 6.52. The summed E-state index contributed by atoms with van der Waals surface area (Å²) in [6, 6.07) is 5.81. The molecular formula is C15H18O3. The molecule has 0 aliphatic heterocycles. The van der Waals surface area contributed by atoms with Crippen molar-refractivity contribution in [3.05, 3.63) is 34.9 Å². The van der Waals surface area contributed by atoms with Gasteiger partial charge in [0.2, 0.25) is 0 Å². The molecule has 0 bridgehead atoms. The average Bonchev–Trinajstić information content (AvgIpc) is 2.38. The van der Waals surface area contributed by atoms with E-state index >= 15 is 0 Å². The van der Waals surface area contributed by atoms with Crippen LogP contribution in [0.25, 0.3) is 0 Å². The SMILES string of the molecule is CCOC(=O)CC(=O)c1cccc2c1CCCC2. The number of ketones is 1. The number of aryl methyl sites for hydroxylation is 1. The number of hydrogen-bond donors (Lipinski definition) is 0. The Hall–Kier alpha value is -1.64. The molecular weight excluding hydrogens is 228 g/mol. The van der Waals surface area contributed by atoms with E-state index in [1.165, 1.54) is 12.0 Å². The Balaban J connectivity index is 2.17. The van der Waals surface area contributed by atoms with E-state index in [0.717, 1.165) is 24.8 Å². The molecule has 0 saturated carbocycles. The van der Waals surface area contributed by atoms with Crippen molar-refractivity contribution in [2.45, 2.75) is 39.0 Å². The molecule has 18 heavy (non-hydrogen) atoms. The molecule has 0 amide bonds. The van der Waals surface area contributed by atoms with E-state index in [0.29, 0.717) is 12.2 Å². The van der Waals surface area contributed by atoms with E-state index in [9.17, 15) is 9.59 Å². The number of Topliss-reactive ketones (excluding diaryl/α,β-unsaturated/α-hetero) is 1. The number of ether oxygens (including phenoxy) is 1. The highest BCUT2D eigenvalue weighted by molar-refractivity contribution is 6.07. The second kappa shape index (κ2) is 5.80. The van der Waals surface area contributed by atoms with Crippen LogP contribution in [0.1, 0.15) is 47.7 Å². The second-order valence-corrected chi connectivity index (χ2v) is 4.56. The lowest BCUT2D eigenvalue weighted by Gasteiger charge is -2.18. The Morgan fingerprint density at radius 2 is 2.00 bits per heavy atom. The standard InChI is InChI=1S/C15H18O3/c1-2-18-15(17)10-14(16)13-9-5-7-11-6-3-4-8-12(11)13/h5,7,9H,2-4,6,8,10H2,1H3. The maximum absolute atomic E-state index is 12.1. The summed E-state index contributed by atoms with van der Waals surface area (Å²) in [5.41, 5.74) is 3.11. The van der Waals surface area contributed by atoms with Crippen molar-refractivity contribution in [1.82, 2.24) is 0 Å². The summed E-state index contributed by atoms with van der Waals surface area (Å²) in [5.74, 6) is -0.553. The number of carbonyl (C=O) groups excluding carboxylic acids is 2. The molecule has 0 fully saturated rings. The van der Waals surface area contributed by atoms with Gasteiger partial charge in [-0.15, -0.1) is 0 Å². The largest absolute Gasteiger partial charge is 0.466 e. The lowest BCUT2D eigenvalue weighted by Crippen LogP contribution is -2.15. The van der Waals surface area contributed by atoms with Crippen LogP contribution in [0.5, 0.6) is 0 Å². The molecule has 0 aromatic heterocycles. The van der Waals surface area contributed by atoms with Crippen molar-refractivity contribution in [3.63, 3.8) is 0 Å². The van der Waals surface area contributed by atoms with Crippen LogP contribution in [0.3, 0.4) is 0 Å². The van der Waals surface area contributed by atoms with Crippen LogP contribution in [-0.2, 0) is 22.4 Å². The predicted octanol–water partition coefficient (Wildman–Crippen LogP) is 2.70. The fourth-order valence-electron chi connectivity index (χ4n) is 2.48. The van der Waals surface area contributed by atoms with Crippen molar-refractivity contribution in [3.8, 4) is 0 Å². The van der Waals surface area contributed by atoms with Crippen LogP contribution in [0.2, 0.25) is 0 Å². The van der Waals surface area contributed by atoms with Crippen molar-refractivity contribution in [1.29, 1.82) is 0 Å². The van der Waals surface area contributed by atoms with E-state index in [1.807, 2.05) is 12.1 Å². The van der Waals surface area contributed by atoms with Crippen molar-refractivity contribution < 1.29 is 14.3 Å². The molecule has 0 radical (unpaired) electrons. The predicted molar refractivity (Wildman–Crippen MR) is 68.7 cm³/mol. The molecule has 3 heteroatoms. The minimum Gasteiger partial charge on any atom is -0.466 e. The Kier molecular flexibility index (Phi) is 4.13. The highest BCUT2D eigenvalue weighted by atomic mass is 16.5. The van der Waals surface area contributed by atoms with E-state index < -0.39 is 5.97 Å². The molecule has 0 N–H and O–H groups in total. The molecule has 2 rings (SSSR count). The zero-order valence-electron chi connectivity index (χ0n) is 10.7. The lowest BCUT2D eigenvalue weighted by atomic mass is 9.86. The first kappa shape index (κ1) is 12.8. The third kappa shape index (κ3) is 2.78. The summed E-state index contributed by atoms with van der Waals surface area (Å²) in [6.07, 6.45) is 4.14. The van der Waals surface area contributed by atoms with Crippen LogP contribution < -0.4 is 0 Å². The zero-order chi connectivity index (χ0) is 13.0. The smallest absolute Gasteiger partial charge is 0.313 e. The second-order valence-electron chi connectivity index (χ2n) is 4.56. The number of esters is 1. The Labute approximate surface area is 107 Å². The summed E-state index contributed by atoms with van der Waals surface area (Å²) < 4.78 is 4.82. The van der Waals surface area contributed by atoms with Gasteiger partial charge in [-0.25, -0.2) is 0 Å². The van der Waals surface area contributed by atoms with Crippen molar-refractivity contribution >= 4 is 11.8 Å². The van der Waals surface area contributed by atoms with Gasteiger partial charge in [0.25, 0.3) is 0 Å². The summed E-state index contributed by atoms with van der Waals surface area (Å²) in [5, 5.41) is 0. The molecule has 3 nitrogen and oxygen atoms in total. The van der Waals surface area contributed by atoms with Crippen LogP contribution in [0.15, 0.2) is 18.2 Å². The third-order valence-electron chi connectivity index (χ3n) is 3.31. The first-order valence-electron chi connectivity index (χ1n) is 6.52. The van der Waals surface area contributed by atoms with Crippen molar-refractivity contribution in [2.75, 3.05) is 6.61 Å². The fraction of sp³-hybridized carbons (Fsp3) is 0.467. The minimum atomic E-state index is -0.434. The number of fused-ring (bicyclic) bond motifs is 1. The minimum absolute atomic E-state index is 0.118. The van der Waals surface area contributed by atoms with E-state index in [-0.39, 0.29) is 12.2 Å². The van der Waals surface area contributed by atoms with Gasteiger partial charge in [0.05, 0.1) is 6.61 Å². The number of rotatable bonds is 4. The van der Waals surface area contributed by atoms with Gasteiger partial charge >= 0.3 is 5.97 Å². The van der Waals surface area contributed by atoms with E-state index in [2.05, 4.69) is 6.07 Å². The molecule has 1 aliphatic carbocycles. The molecule has 0 spiro atoms. The first-order chi connectivity index (χ1) is 8.72. The van der Waals surface area contributed by atoms with Gasteiger partial charge in [0, 0.05) is 5.56 Å². The molecule has 0 saturated heterocycles. The molecule has 0 heterocycles. The molecule has 0 atom stereocenters. The van der Waals surface area contributed by atoms with E-state index in [4.69, 9.17) is 4.74 Å². The highest BCUT2D eigenvalue weighted by Crippen LogP contribution is 2.25. The summed E-state index contributed by atoms with van der Waals surface area (Å²) >= 11 is 0. The van der Waals surface area contributed by atoms with E-state index in [1.54, 1.807) is 6.92 Å². The number of carbonyl (C=O) groups is 2. The Bertz CT molecular complexity index is 463. The van der Waals surface area contributed by atoms with Crippen LogP contribution in [-0.4, -0.2) is 18.4 Å². The third-order valence-corrected chi connectivity index (χ3v) is 3.31. The average molecular weight is 246 g/mol. The molecule has 96 valence electrons. The van der Waals surface area contributed by atoms with Gasteiger partial charge in [0.1, 0.15) is 6.42 Å².